The Labute approximate surface area is 371 Å². The summed E-state index contributed by atoms with van der Waals surface area (Å²) in [6.07, 6.45) is 1.74. The number of anilines is 1. The highest BCUT2D eigenvalue weighted by Crippen LogP contribution is 2.52. The summed E-state index contributed by atoms with van der Waals surface area (Å²) in [4.78, 5) is 66.9. The third-order valence-electron chi connectivity index (χ3n) is 12.4. The monoisotopic (exact) mass is 898 g/mol. The molecule has 1 saturated heterocycles. The van der Waals surface area contributed by atoms with Crippen molar-refractivity contribution in [3.05, 3.63) is 28.6 Å². The maximum absolute atomic E-state index is 14.9. The molecule has 0 radical (unpaired) electrons. The third kappa shape index (κ3) is 9.70. The lowest BCUT2D eigenvalue weighted by Gasteiger charge is -2.35. The van der Waals surface area contributed by atoms with Crippen molar-refractivity contribution in [1.29, 1.82) is 0 Å². The van der Waals surface area contributed by atoms with Crippen molar-refractivity contribution in [3.63, 3.8) is 0 Å². The first-order chi connectivity index (χ1) is 29.5. The molecule has 4 aliphatic rings. The molecule has 7 rings (SSSR count). The molecule has 18 heteroatoms. The number of nitrogens with one attached hydrogen (secondary N) is 3. The fraction of sp³-hybridized carbons (Fsp3) is 0.636. The normalized spacial score (nSPS) is 25.6. The van der Waals surface area contributed by atoms with Gasteiger partial charge >= 0.3 is 12.1 Å². The van der Waals surface area contributed by atoms with E-state index in [1.807, 2.05) is 46.9 Å². The molecule has 0 bridgehead atoms. The van der Waals surface area contributed by atoms with Gasteiger partial charge in [0, 0.05) is 43.5 Å². The predicted molar refractivity (Wildman–Crippen MR) is 233 cm³/mol. The second-order valence-electron chi connectivity index (χ2n) is 18.3. The van der Waals surface area contributed by atoms with E-state index in [1.165, 1.54) is 44.0 Å². The summed E-state index contributed by atoms with van der Waals surface area (Å²) in [5.74, 6) is 0.289. The molecule has 4 fully saturated rings. The van der Waals surface area contributed by atoms with Crippen LogP contribution in [0, 0.1) is 23.2 Å². The van der Waals surface area contributed by atoms with E-state index >= 15 is 0 Å². The van der Waals surface area contributed by atoms with Gasteiger partial charge in [-0.05, 0) is 74.8 Å². The van der Waals surface area contributed by atoms with Crippen LogP contribution in [0.2, 0.25) is 5.02 Å². The van der Waals surface area contributed by atoms with Crippen LogP contribution in [0.5, 0.6) is 11.5 Å². The van der Waals surface area contributed by atoms with Gasteiger partial charge in [-0.3, -0.25) is 9.59 Å². The SMILES string of the molecule is CC[C@@H]1C[C@]1(NC(=O)[C@@H]1C[C@@H](Oc2cc(-c3csc(NC(C)C)n3)nc3c(Cl)c(OCC(OC)OC)ccc23)CN1C(=O)C(NC(=O)O[C@@H]1C[C@@H]2C[C@@H]2C1)C(C)(C)C)C(=O)OC. The number of hydrogen-bond donors (Lipinski definition) is 3. The predicted octanol–water partition coefficient (Wildman–Crippen LogP) is 6.58. The minimum atomic E-state index is -1.20. The van der Waals surface area contributed by atoms with Crippen LogP contribution in [0.25, 0.3) is 22.3 Å². The summed E-state index contributed by atoms with van der Waals surface area (Å²) in [7, 11) is 4.31. The number of methoxy groups -OCH3 is 3. The molecule has 3 heterocycles. The van der Waals surface area contributed by atoms with Crippen molar-refractivity contribution >= 4 is 62.8 Å². The molecule has 0 spiro atoms. The summed E-state index contributed by atoms with van der Waals surface area (Å²) < 4.78 is 34.3. The lowest BCUT2D eigenvalue weighted by molar-refractivity contribution is -0.148. The van der Waals surface area contributed by atoms with Crippen molar-refractivity contribution in [2.24, 2.45) is 23.2 Å². The van der Waals surface area contributed by atoms with Gasteiger partial charge in [0.25, 0.3) is 0 Å². The molecule has 1 unspecified atom stereocenters. The highest BCUT2D eigenvalue weighted by atomic mass is 35.5. The number of thiazole rings is 1. The minimum absolute atomic E-state index is 0.0166. The maximum Gasteiger partial charge on any atom is 0.408 e. The Balaban J connectivity index is 1.22. The number of carbonyl (C=O) groups is 4. The van der Waals surface area contributed by atoms with Crippen LogP contribution in [-0.2, 0) is 33.3 Å². The van der Waals surface area contributed by atoms with Gasteiger partial charge in [0.15, 0.2) is 11.4 Å². The Morgan fingerprint density at radius 3 is 2.34 bits per heavy atom. The highest BCUT2D eigenvalue weighted by molar-refractivity contribution is 7.14. The van der Waals surface area contributed by atoms with Crippen molar-refractivity contribution in [2.75, 3.05) is 39.8 Å². The number of amides is 3. The number of carbonyl (C=O) groups excluding carboxylic acids is 4. The van der Waals surface area contributed by atoms with Gasteiger partial charge < -0.3 is 49.3 Å². The van der Waals surface area contributed by atoms with Gasteiger partial charge in [-0.1, -0.05) is 45.7 Å². The first-order valence-electron chi connectivity index (χ1n) is 21.4. The van der Waals surface area contributed by atoms with Crippen molar-refractivity contribution in [2.45, 2.75) is 122 Å². The maximum atomic E-state index is 14.9. The number of aromatic nitrogens is 2. The van der Waals surface area contributed by atoms with Gasteiger partial charge in [-0.25, -0.2) is 19.6 Å². The fourth-order valence-electron chi connectivity index (χ4n) is 8.83. The summed E-state index contributed by atoms with van der Waals surface area (Å²) in [5.41, 5.74) is -0.543. The van der Waals surface area contributed by atoms with E-state index in [-0.39, 0.29) is 42.7 Å². The summed E-state index contributed by atoms with van der Waals surface area (Å²) >= 11 is 8.46. The molecule has 8 atom stereocenters. The number of rotatable bonds is 17. The van der Waals surface area contributed by atoms with Crippen LogP contribution in [0.1, 0.15) is 80.1 Å². The standard InChI is InChI=1S/C44H59ClN6O10S/c1-10-25-18-44(25,40(54)58-9)50-38(52)31-16-27(19-51(31)39(53)37(43(4,5)6)49-42(55)61-26-14-23-13-24(23)15-26)60-33-17-29(30-21-62-41(48-30)46-22(2)3)47-36-28(33)11-12-32(35(36)45)59-20-34(56-7)57-8/h11-12,17,21-27,31,34,37H,10,13-16,18-20H2,1-9H3,(H,46,48)(H,49,55)(H,50,52)/t23-,24+,25-,26+,27-,31+,37?,44-/m1/s1. The summed E-state index contributed by atoms with van der Waals surface area (Å²) in [6.45, 7) is 11.6. The van der Waals surface area contributed by atoms with Crippen LogP contribution < -0.4 is 25.4 Å². The molecule has 1 aromatic carbocycles. The van der Waals surface area contributed by atoms with E-state index in [0.29, 0.717) is 63.6 Å². The second-order valence-corrected chi connectivity index (χ2v) is 19.5. The first-order valence-corrected chi connectivity index (χ1v) is 22.6. The largest absolute Gasteiger partial charge is 0.488 e. The van der Waals surface area contributed by atoms with Crippen LogP contribution in [0.4, 0.5) is 9.93 Å². The van der Waals surface area contributed by atoms with E-state index < -0.39 is 59.3 Å². The molecule has 3 aliphatic carbocycles. The van der Waals surface area contributed by atoms with Gasteiger partial charge in [0.2, 0.25) is 11.8 Å². The zero-order chi connectivity index (χ0) is 44.7. The number of fused-ring (bicyclic) bond motifs is 2. The first kappa shape index (κ1) is 45.6. The van der Waals surface area contributed by atoms with E-state index in [0.717, 1.165) is 12.8 Å². The average molecular weight is 900 g/mol. The molecule has 62 heavy (non-hydrogen) atoms. The van der Waals surface area contributed by atoms with Crippen LogP contribution in [0.15, 0.2) is 23.6 Å². The number of pyridine rings is 1. The van der Waals surface area contributed by atoms with Gasteiger partial charge in [-0.2, -0.15) is 0 Å². The van der Waals surface area contributed by atoms with Crippen molar-refractivity contribution < 1.29 is 47.6 Å². The minimum Gasteiger partial charge on any atom is -0.488 e. The molecular formula is C44H59ClN6O10S. The van der Waals surface area contributed by atoms with E-state index in [4.69, 9.17) is 50.0 Å². The Kier molecular flexibility index (Phi) is 13.5. The molecule has 16 nitrogen and oxygen atoms in total. The fourth-order valence-corrected chi connectivity index (χ4v) is 9.95. The Bertz CT molecular complexity index is 2150. The van der Waals surface area contributed by atoms with Crippen LogP contribution in [-0.4, -0.2) is 115 Å². The van der Waals surface area contributed by atoms with Gasteiger partial charge in [0.05, 0.1) is 24.9 Å². The molecule has 3 aromatic rings. The number of ether oxygens (including phenoxy) is 6. The number of benzene rings is 1. The van der Waals surface area contributed by atoms with Crippen molar-refractivity contribution in [3.8, 4) is 22.9 Å². The highest BCUT2D eigenvalue weighted by Gasteiger charge is 2.62. The Morgan fingerprint density at radius 2 is 1.71 bits per heavy atom. The zero-order valence-electron chi connectivity index (χ0n) is 36.9. The lowest BCUT2D eigenvalue weighted by atomic mass is 9.85. The van der Waals surface area contributed by atoms with E-state index in [9.17, 15) is 19.2 Å². The van der Waals surface area contributed by atoms with Crippen molar-refractivity contribution in [1.82, 2.24) is 25.5 Å². The van der Waals surface area contributed by atoms with Gasteiger partial charge in [0.1, 0.15) is 58.7 Å². The molecule has 3 N–H and O–H groups in total. The number of hydrogen-bond acceptors (Lipinski definition) is 14. The quantitative estimate of drug-likeness (QED) is 0.0976. The summed E-state index contributed by atoms with van der Waals surface area (Å²) in [6, 6.07) is 3.28. The molecule has 3 saturated carbocycles. The zero-order valence-corrected chi connectivity index (χ0v) is 38.4. The molecule has 3 amide bonds. The summed E-state index contributed by atoms with van der Waals surface area (Å²) in [5, 5.41) is 12.5. The number of likely N-dealkylation sites (tertiary alicyclic amines) is 1. The lowest BCUT2D eigenvalue weighted by Crippen LogP contribution is -2.59. The number of esters is 1. The topological polar surface area (TPSA) is 189 Å². The third-order valence-corrected chi connectivity index (χ3v) is 13.5. The smallest absolute Gasteiger partial charge is 0.408 e. The average Bonchev–Trinajstić information content (AvgIpc) is 3.89. The van der Waals surface area contributed by atoms with Gasteiger partial charge in [-0.15, -0.1) is 11.3 Å². The van der Waals surface area contributed by atoms with E-state index in [2.05, 4.69) is 16.0 Å². The molecule has 2 aromatic heterocycles. The molecule has 338 valence electrons. The second kappa shape index (κ2) is 18.3. The number of halogens is 1. The Hall–Kier alpha value is -4.45. The number of alkyl carbamates (subject to hydrolysis) is 1. The van der Waals surface area contributed by atoms with Crippen LogP contribution >= 0.6 is 22.9 Å². The molecular weight excluding hydrogens is 840 g/mol. The Morgan fingerprint density at radius 1 is 0.984 bits per heavy atom. The van der Waals surface area contributed by atoms with Crippen LogP contribution in [0.3, 0.4) is 0 Å². The van der Waals surface area contributed by atoms with E-state index in [1.54, 1.807) is 18.2 Å². The molecule has 1 aliphatic heterocycles. The number of nitrogens with zero attached hydrogens (tertiary/aromatic N) is 3.